The van der Waals surface area contributed by atoms with Gasteiger partial charge in [0.15, 0.2) is 0 Å². The second kappa shape index (κ2) is 2.89. The Kier molecular flexibility index (Phi) is 1.93. The fourth-order valence-electron chi connectivity index (χ4n) is 1.79. The predicted molar refractivity (Wildman–Crippen MR) is 52.6 cm³/mol. The Balaban J connectivity index is 2.43. The zero-order valence-electron chi connectivity index (χ0n) is 8.32. The van der Waals surface area contributed by atoms with E-state index in [-0.39, 0.29) is 11.7 Å². The predicted octanol–water partition coefficient (Wildman–Crippen LogP) is 1.64. The average molecular weight is 194 g/mol. The number of hydrogen-bond donors (Lipinski definition) is 2. The van der Waals surface area contributed by atoms with E-state index in [2.05, 4.69) is 0 Å². The summed E-state index contributed by atoms with van der Waals surface area (Å²) in [6, 6.07) is 4.98. The summed E-state index contributed by atoms with van der Waals surface area (Å²) in [5.74, 6) is 0.906. The maximum absolute atomic E-state index is 9.89. The normalized spacial score (nSPS) is 20.4. The number of benzene rings is 1. The molecule has 3 heteroatoms. The van der Waals surface area contributed by atoms with Crippen molar-refractivity contribution >= 4 is 0 Å². The molecule has 1 aliphatic heterocycles. The summed E-state index contributed by atoms with van der Waals surface area (Å²) in [4.78, 5) is 0. The van der Waals surface area contributed by atoms with Crippen molar-refractivity contribution in [2.24, 2.45) is 0 Å². The van der Waals surface area contributed by atoms with E-state index in [1.165, 1.54) is 0 Å². The number of hydrogen-bond acceptors (Lipinski definition) is 3. The van der Waals surface area contributed by atoms with E-state index in [0.717, 1.165) is 11.3 Å². The average Bonchev–Trinajstić information content (AvgIpc) is 2.45. The third-order valence-electron chi connectivity index (χ3n) is 2.63. The number of aliphatic hydroxyl groups is 1. The molecule has 1 atom stereocenters. The second-order valence-corrected chi connectivity index (χ2v) is 4.24. The highest BCUT2D eigenvalue weighted by Gasteiger charge is 2.35. The Morgan fingerprint density at radius 3 is 2.79 bits per heavy atom. The summed E-state index contributed by atoms with van der Waals surface area (Å²) in [6.07, 6.45) is 0. The van der Waals surface area contributed by atoms with Crippen LogP contribution in [0.2, 0.25) is 0 Å². The van der Waals surface area contributed by atoms with Crippen LogP contribution in [0.4, 0.5) is 0 Å². The maximum atomic E-state index is 9.89. The number of phenolic OH excluding ortho intramolecular Hbond substituents is 1. The van der Waals surface area contributed by atoms with Gasteiger partial charge in [-0.05, 0) is 32.0 Å². The highest BCUT2D eigenvalue weighted by molar-refractivity contribution is 5.45. The lowest BCUT2D eigenvalue weighted by Crippen LogP contribution is -2.29. The van der Waals surface area contributed by atoms with Gasteiger partial charge in [0.05, 0.1) is 18.1 Å². The number of rotatable bonds is 1. The van der Waals surface area contributed by atoms with Crippen LogP contribution in [-0.2, 0) is 0 Å². The molecular weight excluding hydrogens is 180 g/mol. The molecular formula is C11H14O3. The van der Waals surface area contributed by atoms with Gasteiger partial charge in [-0.25, -0.2) is 0 Å². The van der Waals surface area contributed by atoms with E-state index in [4.69, 9.17) is 4.74 Å². The summed E-state index contributed by atoms with van der Waals surface area (Å²) >= 11 is 0. The van der Waals surface area contributed by atoms with Crippen LogP contribution in [0.25, 0.3) is 0 Å². The lowest BCUT2D eigenvalue weighted by Gasteiger charge is -2.24. The standard InChI is InChI=1S/C11H14O3/c1-11(2,13)9-6-14-10-4-3-7(12)5-8(9)10/h3-5,9,12-13H,6H2,1-2H3. The Morgan fingerprint density at radius 1 is 1.43 bits per heavy atom. The first-order valence-electron chi connectivity index (χ1n) is 4.66. The number of fused-ring (bicyclic) bond motifs is 1. The van der Waals surface area contributed by atoms with E-state index in [1.807, 2.05) is 0 Å². The van der Waals surface area contributed by atoms with Gasteiger partial charge >= 0.3 is 0 Å². The molecule has 0 bridgehead atoms. The van der Waals surface area contributed by atoms with Crippen molar-refractivity contribution in [3.05, 3.63) is 23.8 Å². The molecule has 1 aromatic carbocycles. The van der Waals surface area contributed by atoms with Gasteiger partial charge in [0.25, 0.3) is 0 Å². The summed E-state index contributed by atoms with van der Waals surface area (Å²) in [7, 11) is 0. The highest BCUT2D eigenvalue weighted by atomic mass is 16.5. The first-order valence-corrected chi connectivity index (χ1v) is 4.66. The molecule has 0 aliphatic carbocycles. The van der Waals surface area contributed by atoms with Crippen LogP contribution in [0, 0.1) is 0 Å². The minimum atomic E-state index is -0.820. The molecule has 0 amide bonds. The highest BCUT2D eigenvalue weighted by Crippen LogP contribution is 2.41. The zero-order chi connectivity index (χ0) is 10.3. The molecule has 0 spiro atoms. The van der Waals surface area contributed by atoms with Crippen molar-refractivity contribution in [2.75, 3.05) is 6.61 Å². The van der Waals surface area contributed by atoms with Gasteiger partial charge in [-0.15, -0.1) is 0 Å². The molecule has 76 valence electrons. The Hall–Kier alpha value is -1.22. The number of aromatic hydroxyl groups is 1. The van der Waals surface area contributed by atoms with Crippen LogP contribution in [0.3, 0.4) is 0 Å². The van der Waals surface area contributed by atoms with Crippen molar-refractivity contribution in [1.29, 1.82) is 0 Å². The number of ether oxygens (including phenoxy) is 1. The lowest BCUT2D eigenvalue weighted by atomic mass is 9.86. The molecule has 14 heavy (non-hydrogen) atoms. The lowest BCUT2D eigenvalue weighted by molar-refractivity contribution is 0.0422. The van der Waals surface area contributed by atoms with Crippen LogP contribution >= 0.6 is 0 Å². The van der Waals surface area contributed by atoms with Crippen LogP contribution in [0.15, 0.2) is 18.2 Å². The quantitative estimate of drug-likeness (QED) is 0.714. The van der Waals surface area contributed by atoms with Gasteiger partial charge in [-0.3, -0.25) is 0 Å². The fraction of sp³-hybridized carbons (Fsp3) is 0.455. The van der Waals surface area contributed by atoms with E-state index in [1.54, 1.807) is 32.0 Å². The molecule has 2 rings (SSSR count). The minimum absolute atomic E-state index is 0.0652. The Bertz CT molecular complexity index is 352. The van der Waals surface area contributed by atoms with Gasteiger partial charge < -0.3 is 14.9 Å². The van der Waals surface area contributed by atoms with Crippen LogP contribution in [0.5, 0.6) is 11.5 Å². The topological polar surface area (TPSA) is 49.7 Å². The van der Waals surface area contributed by atoms with Crippen molar-refractivity contribution in [2.45, 2.75) is 25.4 Å². The van der Waals surface area contributed by atoms with Crippen molar-refractivity contribution in [3.8, 4) is 11.5 Å². The summed E-state index contributed by atoms with van der Waals surface area (Å²) in [5, 5.41) is 19.2. The van der Waals surface area contributed by atoms with Crippen molar-refractivity contribution in [1.82, 2.24) is 0 Å². The van der Waals surface area contributed by atoms with Crippen LogP contribution < -0.4 is 4.74 Å². The van der Waals surface area contributed by atoms with E-state index >= 15 is 0 Å². The maximum Gasteiger partial charge on any atom is 0.123 e. The summed E-state index contributed by atoms with van der Waals surface area (Å²) < 4.78 is 5.42. The molecule has 0 saturated heterocycles. The van der Waals surface area contributed by atoms with Gasteiger partial charge in [-0.2, -0.15) is 0 Å². The largest absolute Gasteiger partial charge is 0.508 e. The SMILES string of the molecule is CC(C)(O)C1COc2ccc(O)cc21. The van der Waals surface area contributed by atoms with Crippen molar-refractivity contribution < 1.29 is 14.9 Å². The smallest absolute Gasteiger partial charge is 0.123 e. The first kappa shape index (κ1) is 9.34. The fourth-order valence-corrected chi connectivity index (χ4v) is 1.79. The summed E-state index contributed by atoms with van der Waals surface area (Å²) in [5.41, 5.74) is 0.0662. The van der Waals surface area contributed by atoms with Crippen molar-refractivity contribution in [3.63, 3.8) is 0 Å². The molecule has 1 aliphatic rings. The van der Waals surface area contributed by atoms with E-state index in [9.17, 15) is 10.2 Å². The molecule has 0 radical (unpaired) electrons. The molecule has 1 aromatic rings. The van der Waals surface area contributed by atoms with Gasteiger partial charge in [-0.1, -0.05) is 0 Å². The van der Waals surface area contributed by atoms with Crippen LogP contribution in [0.1, 0.15) is 25.3 Å². The molecule has 2 N–H and O–H groups in total. The van der Waals surface area contributed by atoms with E-state index < -0.39 is 5.60 Å². The van der Waals surface area contributed by atoms with Gasteiger partial charge in [0, 0.05) is 5.56 Å². The second-order valence-electron chi connectivity index (χ2n) is 4.24. The third kappa shape index (κ3) is 1.44. The van der Waals surface area contributed by atoms with Gasteiger partial charge in [0.2, 0.25) is 0 Å². The molecule has 0 saturated carbocycles. The third-order valence-corrected chi connectivity index (χ3v) is 2.63. The molecule has 0 aromatic heterocycles. The molecule has 1 unspecified atom stereocenters. The minimum Gasteiger partial charge on any atom is -0.508 e. The monoisotopic (exact) mass is 194 g/mol. The zero-order valence-corrected chi connectivity index (χ0v) is 8.32. The Morgan fingerprint density at radius 2 is 2.14 bits per heavy atom. The van der Waals surface area contributed by atoms with E-state index in [0.29, 0.717) is 6.61 Å². The first-order chi connectivity index (χ1) is 6.48. The molecule has 0 fully saturated rings. The van der Waals surface area contributed by atoms with Gasteiger partial charge in [0.1, 0.15) is 11.5 Å². The molecule has 1 heterocycles. The molecule has 3 nitrogen and oxygen atoms in total. The van der Waals surface area contributed by atoms with Crippen LogP contribution in [-0.4, -0.2) is 22.4 Å². The Labute approximate surface area is 83.0 Å². The number of phenols is 1. The summed E-state index contributed by atoms with van der Waals surface area (Å²) in [6.45, 7) is 3.97.